The number of nitrogen functional groups attached to an aromatic ring is 1. The maximum absolute atomic E-state index is 12.3. The fourth-order valence-electron chi connectivity index (χ4n) is 1.73. The maximum atomic E-state index is 12.3. The van der Waals surface area contributed by atoms with Crippen LogP contribution in [0.2, 0.25) is 0 Å². The molecule has 6 nitrogen and oxygen atoms in total. The molecule has 1 aromatic heterocycles. The lowest BCUT2D eigenvalue weighted by Gasteiger charge is -2.21. The van der Waals surface area contributed by atoms with E-state index in [1.54, 1.807) is 0 Å². The van der Waals surface area contributed by atoms with Crippen molar-refractivity contribution in [1.82, 2.24) is 10.3 Å². The highest BCUT2D eigenvalue weighted by molar-refractivity contribution is 7.18. The Morgan fingerprint density at radius 1 is 1.55 bits per heavy atom. The van der Waals surface area contributed by atoms with E-state index in [0.29, 0.717) is 11.3 Å². The highest BCUT2D eigenvalue weighted by Gasteiger charge is 2.21. The van der Waals surface area contributed by atoms with E-state index in [4.69, 9.17) is 10.8 Å². The molecule has 0 radical (unpaired) electrons. The van der Waals surface area contributed by atoms with Gasteiger partial charge in [-0.3, -0.25) is 4.79 Å². The molecule has 20 heavy (non-hydrogen) atoms. The number of nitrogens with one attached hydrogen (secondary N) is 1. The van der Waals surface area contributed by atoms with Crippen molar-refractivity contribution in [2.45, 2.75) is 33.2 Å². The lowest BCUT2D eigenvalue weighted by Crippen LogP contribution is -2.39. The third kappa shape index (κ3) is 4.08. The van der Waals surface area contributed by atoms with Crippen LogP contribution >= 0.6 is 11.3 Å². The zero-order chi connectivity index (χ0) is 15.3. The van der Waals surface area contributed by atoms with E-state index in [1.165, 1.54) is 11.3 Å². The number of amides is 1. The molecular weight excluding hydrogens is 276 g/mol. The molecule has 0 aliphatic heterocycles. The standard InChI is InChI=1S/C13H24N4O2S/c1-5-17(4)13-16-11(14)10(20-13)12(19)15-9(6-7-18)8(2)3/h8-9,18H,5-7,14H2,1-4H3,(H,15,19). The molecule has 1 rings (SSSR count). The number of rotatable bonds is 7. The fraction of sp³-hybridized carbons (Fsp3) is 0.692. The van der Waals surface area contributed by atoms with Crippen LogP contribution < -0.4 is 16.0 Å². The van der Waals surface area contributed by atoms with Crippen LogP contribution in [0.25, 0.3) is 0 Å². The molecule has 1 aromatic rings. The summed E-state index contributed by atoms with van der Waals surface area (Å²) >= 11 is 1.29. The van der Waals surface area contributed by atoms with Crippen LogP contribution in [0.3, 0.4) is 0 Å². The Balaban J connectivity index is 2.83. The van der Waals surface area contributed by atoms with Crippen molar-refractivity contribution in [3.63, 3.8) is 0 Å². The third-order valence-corrected chi connectivity index (χ3v) is 4.39. The number of aromatic nitrogens is 1. The molecule has 0 fully saturated rings. The second kappa shape index (κ2) is 7.44. The number of anilines is 2. The number of carbonyl (C=O) groups is 1. The minimum absolute atomic E-state index is 0.0467. The predicted molar refractivity (Wildman–Crippen MR) is 83.3 cm³/mol. The number of aliphatic hydroxyl groups is 1. The Bertz CT molecular complexity index is 448. The summed E-state index contributed by atoms with van der Waals surface area (Å²) in [5, 5.41) is 12.7. The van der Waals surface area contributed by atoms with Gasteiger partial charge in [0.25, 0.3) is 5.91 Å². The van der Waals surface area contributed by atoms with Gasteiger partial charge in [0.2, 0.25) is 0 Å². The molecule has 1 heterocycles. The maximum Gasteiger partial charge on any atom is 0.265 e. The Kier molecular flexibility index (Phi) is 6.22. The largest absolute Gasteiger partial charge is 0.396 e. The van der Waals surface area contributed by atoms with Gasteiger partial charge in [-0.15, -0.1) is 0 Å². The van der Waals surface area contributed by atoms with Crippen molar-refractivity contribution in [1.29, 1.82) is 0 Å². The smallest absolute Gasteiger partial charge is 0.265 e. The first-order chi connectivity index (χ1) is 9.40. The molecule has 1 atom stereocenters. The zero-order valence-corrected chi connectivity index (χ0v) is 13.3. The second-order valence-electron chi connectivity index (χ2n) is 5.06. The Labute approximate surface area is 124 Å². The minimum Gasteiger partial charge on any atom is -0.396 e. The number of carbonyl (C=O) groups excluding carboxylic acids is 1. The molecule has 0 bridgehead atoms. The van der Waals surface area contributed by atoms with E-state index < -0.39 is 0 Å². The van der Waals surface area contributed by atoms with E-state index >= 15 is 0 Å². The van der Waals surface area contributed by atoms with E-state index in [2.05, 4.69) is 10.3 Å². The monoisotopic (exact) mass is 300 g/mol. The first-order valence-electron chi connectivity index (χ1n) is 6.79. The number of thiazole rings is 1. The van der Waals surface area contributed by atoms with Crippen molar-refractivity contribution in [3.8, 4) is 0 Å². The summed E-state index contributed by atoms with van der Waals surface area (Å²) < 4.78 is 0. The van der Waals surface area contributed by atoms with Crippen LogP contribution in [-0.2, 0) is 0 Å². The lowest BCUT2D eigenvalue weighted by atomic mass is 10.0. The molecule has 0 aliphatic carbocycles. The number of nitrogens with two attached hydrogens (primary N) is 1. The van der Waals surface area contributed by atoms with E-state index in [-0.39, 0.29) is 30.3 Å². The average molecular weight is 300 g/mol. The lowest BCUT2D eigenvalue weighted by molar-refractivity contribution is 0.0921. The summed E-state index contributed by atoms with van der Waals surface area (Å²) in [4.78, 5) is 18.8. The van der Waals surface area contributed by atoms with Crippen LogP contribution in [0.5, 0.6) is 0 Å². The van der Waals surface area contributed by atoms with Crippen molar-refractivity contribution in [2.75, 3.05) is 30.8 Å². The molecule has 114 valence electrons. The van der Waals surface area contributed by atoms with Gasteiger partial charge in [0.05, 0.1) is 0 Å². The van der Waals surface area contributed by atoms with Crippen molar-refractivity contribution in [2.24, 2.45) is 5.92 Å². The highest BCUT2D eigenvalue weighted by Crippen LogP contribution is 2.27. The van der Waals surface area contributed by atoms with Gasteiger partial charge in [-0.05, 0) is 19.3 Å². The van der Waals surface area contributed by atoms with Crippen LogP contribution in [0, 0.1) is 5.92 Å². The molecular formula is C13H24N4O2S. The summed E-state index contributed by atoms with van der Waals surface area (Å²) in [6.07, 6.45) is 0.532. The first kappa shape index (κ1) is 16.7. The number of aliphatic hydroxyl groups excluding tert-OH is 1. The number of nitrogens with zero attached hydrogens (tertiary/aromatic N) is 2. The van der Waals surface area contributed by atoms with Crippen LogP contribution in [0.1, 0.15) is 36.9 Å². The molecule has 0 saturated carbocycles. The Morgan fingerprint density at radius 2 is 2.20 bits per heavy atom. The Morgan fingerprint density at radius 3 is 2.70 bits per heavy atom. The summed E-state index contributed by atoms with van der Waals surface area (Å²) in [6, 6.07) is -0.0682. The van der Waals surface area contributed by atoms with Gasteiger partial charge in [-0.1, -0.05) is 25.2 Å². The van der Waals surface area contributed by atoms with Gasteiger partial charge in [-0.25, -0.2) is 4.98 Å². The molecule has 0 spiro atoms. The van der Waals surface area contributed by atoms with Gasteiger partial charge in [0.15, 0.2) is 5.13 Å². The molecule has 7 heteroatoms. The molecule has 1 unspecified atom stereocenters. The van der Waals surface area contributed by atoms with Gasteiger partial charge >= 0.3 is 0 Å². The predicted octanol–water partition coefficient (Wildman–Crippen LogP) is 1.32. The van der Waals surface area contributed by atoms with Crippen LogP contribution in [0.15, 0.2) is 0 Å². The van der Waals surface area contributed by atoms with Gasteiger partial charge in [0, 0.05) is 26.2 Å². The first-order valence-corrected chi connectivity index (χ1v) is 7.61. The molecule has 0 aromatic carbocycles. The summed E-state index contributed by atoms with van der Waals surface area (Å²) in [5.74, 6) is 0.287. The SMILES string of the molecule is CCN(C)c1nc(N)c(C(=O)NC(CCO)C(C)C)s1. The van der Waals surface area contributed by atoms with Crippen LogP contribution in [0.4, 0.5) is 10.9 Å². The van der Waals surface area contributed by atoms with E-state index in [0.717, 1.165) is 11.7 Å². The third-order valence-electron chi connectivity index (χ3n) is 3.21. The van der Waals surface area contributed by atoms with Crippen molar-refractivity contribution >= 4 is 28.2 Å². The minimum atomic E-state index is -0.220. The van der Waals surface area contributed by atoms with Gasteiger partial charge < -0.3 is 21.1 Å². The van der Waals surface area contributed by atoms with Gasteiger partial charge in [-0.2, -0.15) is 0 Å². The average Bonchev–Trinajstić information content (AvgIpc) is 2.79. The number of hydrogen-bond acceptors (Lipinski definition) is 6. The second-order valence-corrected chi connectivity index (χ2v) is 6.04. The van der Waals surface area contributed by atoms with Gasteiger partial charge in [0.1, 0.15) is 10.7 Å². The summed E-state index contributed by atoms with van der Waals surface area (Å²) in [5.41, 5.74) is 5.82. The van der Waals surface area contributed by atoms with Crippen molar-refractivity contribution in [3.05, 3.63) is 4.88 Å². The highest BCUT2D eigenvalue weighted by atomic mass is 32.1. The topological polar surface area (TPSA) is 91.5 Å². The quantitative estimate of drug-likeness (QED) is 0.706. The molecule has 0 aliphatic rings. The Hall–Kier alpha value is -1.34. The van der Waals surface area contributed by atoms with Crippen LogP contribution in [-0.4, -0.2) is 42.2 Å². The van der Waals surface area contributed by atoms with Crippen molar-refractivity contribution < 1.29 is 9.90 Å². The molecule has 0 saturated heterocycles. The van der Waals surface area contributed by atoms with E-state index in [1.807, 2.05) is 32.7 Å². The fourth-order valence-corrected chi connectivity index (χ4v) is 2.64. The summed E-state index contributed by atoms with van der Waals surface area (Å²) in [6.45, 7) is 6.87. The molecule has 4 N–H and O–H groups in total. The normalized spacial score (nSPS) is 12.5. The number of hydrogen-bond donors (Lipinski definition) is 3. The summed E-state index contributed by atoms with van der Waals surface area (Å²) in [7, 11) is 1.91. The molecule has 1 amide bonds. The zero-order valence-electron chi connectivity index (χ0n) is 12.5. The van der Waals surface area contributed by atoms with E-state index in [9.17, 15) is 4.79 Å².